The van der Waals surface area contributed by atoms with Gasteiger partial charge in [0.25, 0.3) is 0 Å². The molecule has 43 heavy (non-hydrogen) atoms. The Morgan fingerprint density at radius 2 is 1.51 bits per heavy atom. The van der Waals surface area contributed by atoms with Crippen LogP contribution in [-0.2, 0) is 38.4 Å². The number of benzene rings is 2. The zero-order valence-corrected chi connectivity index (χ0v) is 23.9. The van der Waals surface area contributed by atoms with Crippen molar-refractivity contribution < 1.29 is 29.4 Å². The van der Waals surface area contributed by atoms with Crippen LogP contribution in [0.15, 0.2) is 67.3 Å². The van der Waals surface area contributed by atoms with Crippen molar-refractivity contribution in [2.45, 2.75) is 43.4 Å². The molecule has 2 aromatic heterocycles. The number of hydrogen-bond donors (Lipinski definition) is 9. The molecule has 0 spiro atoms. The summed E-state index contributed by atoms with van der Waals surface area (Å²) in [6.07, 6.45) is 4.56. The van der Waals surface area contributed by atoms with Gasteiger partial charge in [0.15, 0.2) is 0 Å². The third kappa shape index (κ3) is 8.36. The maximum atomic E-state index is 13.7. The molecule has 0 aliphatic carbocycles. The van der Waals surface area contributed by atoms with Gasteiger partial charge in [-0.1, -0.05) is 30.3 Å². The predicted octanol–water partition coefficient (Wildman–Crippen LogP) is 0.421. The highest BCUT2D eigenvalue weighted by Gasteiger charge is 2.31. The number of aliphatic carboxylic acids is 1. The molecular formula is C29H33N7O6S. The second kappa shape index (κ2) is 14.4. The van der Waals surface area contributed by atoms with Gasteiger partial charge in [0.2, 0.25) is 17.7 Å². The molecule has 0 bridgehead atoms. The number of carboxylic acids is 1. The van der Waals surface area contributed by atoms with Crippen LogP contribution >= 0.6 is 12.6 Å². The van der Waals surface area contributed by atoms with Crippen molar-refractivity contribution >= 4 is 47.2 Å². The summed E-state index contributed by atoms with van der Waals surface area (Å²) in [7, 11) is 0. The van der Waals surface area contributed by atoms with Crippen LogP contribution in [0.3, 0.4) is 0 Å². The number of carbonyl (C=O) groups excluding carboxylic acids is 3. The van der Waals surface area contributed by atoms with Gasteiger partial charge in [-0.25, -0.2) is 9.78 Å². The fourth-order valence-corrected chi connectivity index (χ4v) is 4.70. The molecule has 0 aliphatic heterocycles. The van der Waals surface area contributed by atoms with Gasteiger partial charge in [0.1, 0.15) is 23.9 Å². The summed E-state index contributed by atoms with van der Waals surface area (Å²) in [6, 6.07) is 8.85. The number of rotatable bonds is 14. The average Bonchev–Trinajstić information content (AvgIpc) is 3.66. The van der Waals surface area contributed by atoms with Gasteiger partial charge >= 0.3 is 5.97 Å². The Bertz CT molecular complexity index is 1560. The fourth-order valence-electron chi connectivity index (χ4n) is 4.53. The number of nitrogens with zero attached hydrogens (tertiary/aromatic N) is 1. The van der Waals surface area contributed by atoms with Gasteiger partial charge in [0.05, 0.1) is 12.4 Å². The monoisotopic (exact) mass is 607 g/mol. The molecule has 4 aromatic rings. The van der Waals surface area contributed by atoms with E-state index in [1.165, 1.54) is 24.7 Å². The number of aromatic nitrogens is 3. The van der Waals surface area contributed by atoms with E-state index in [2.05, 4.69) is 43.5 Å². The second-order valence-corrected chi connectivity index (χ2v) is 10.4. The maximum absolute atomic E-state index is 13.7. The van der Waals surface area contributed by atoms with Gasteiger partial charge in [-0.2, -0.15) is 12.6 Å². The van der Waals surface area contributed by atoms with Gasteiger partial charge in [-0.15, -0.1) is 0 Å². The molecule has 3 amide bonds. The fraction of sp³-hybridized carbons (Fsp3) is 0.276. The van der Waals surface area contributed by atoms with Crippen LogP contribution in [0.5, 0.6) is 5.75 Å². The lowest BCUT2D eigenvalue weighted by molar-refractivity contribution is -0.142. The molecular weight excluding hydrogens is 574 g/mol. The zero-order chi connectivity index (χ0) is 30.9. The maximum Gasteiger partial charge on any atom is 0.326 e. The predicted molar refractivity (Wildman–Crippen MR) is 161 cm³/mol. The number of thiol groups is 1. The number of amides is 3. The summed E-state index contributed by atoms with van der Waals surface area (Å²) in [5.74, 6) is -3.24. The Labute approximate surface area is 252 Å². The summed E-state index contributed by atoms with van der Waals surface area (Å²) in [6.45, 7) is 0. The smallest absolute Gasteiger partial charge is 0.326 e. The highest BCUT2D eigenvalue weighted by Crippen LogP contribution is 2.19. The third-order valence-electron chi connectivity index (χ3n) is 6.87. The van der Waals surface area contributed by atoms with Crippen molar-refractivity contribution in [3.05, 3.63) is 84.1 Å². The number of aromatic amines is 2. The number of carboxylic acid groups (broad SMARTS) is 1. The molecule has 4 atom stereocenters. The molecule has 2 aromatic carbocycles. The van der Waals surface area contributed by atoms with Crippen LogP contribution in [-0.4, -0.2) is 78.8 Å². The topological polar surface area (TPSA) is 215 Å². The van der Waals surface area contributed by atoms with Crippen molar-refractivity contribution in [1.82, 2.24) is 30.9 Å². The molecule has 226 valence electrons. The van der Waals surface area contributed by atoms with E-state index in [0.29, 0.717) is 11.3 Å². The first-order chi connectivity index (χ1) is 20.6. The molecule has 0 saturated heterocycles. The number of imidazole rings is 1. The Morgan fingerprint density at radius 1 is 0.860 bits per heavy atom. The number of nitrogens with one attached hydrogen (secondary N) is 5. The number of fused-ring (bicyclic) bond motifs is 1. The molecule has 2 heterocycles. The summed E-state index contributed by atoms with van der Waals surface area (Å²) in [4.78, 5) is 61.8. The molecule has 9 N–H and O–H groups in total. The normalized spacial score (nSPS) is 13.9. The third-order valence-corrected chi connectivity index (χ3v) is 7.26. The van der Waals surface area contributed by atoms with Crippen molar-refractivity contribution in [3.8, 4) is 5.75 Å². The standard InChI is InChI=1S/C29H33N7O6S/c30-21(14-43)26(38)34-24(10-17-12-32-22-4-2-1-3-20(17)22)28(40)35-23(9-16-5-7-19(37)8-6-16)27(39)36-25(29(41)42)11-18-13-31-15-33-18/h1-8,12-13,15,21,23-25,32,37,43H,9-11,14,30H2,(H,31,33)(H,34,38)(H,35,40)(H,36,39)(H,41,42). The number of hydrogen-bond acceptors (Lipinski definition) is 8. The van der Waals surface area contributed by atoms with E-state index in [-0.39, 0.29) is 30.8 Å². The van der Waals surface area contributed by atoms with Gasteiger partial charge in [-0.05, 0) is 29.3 Å². The summed E-state index contributed by atoms with van der Waals surface area (Å²) in [5.41, 5.74) is 8.54. The average molecular weight is 608 g/mol. The molecule has 0 aliphatic rings. The molecule has 0 fully saturated rings. The van der Waals surface area contributed by atoms with Gasteiger partial charge in [0, 0.05) is 54.0 Å². The summed E-state index contributed by atoms with van der Waals surface area (Å²) in [5, 5.41) is 28.2. The van der Waals surface area contributed by atoms with Crippen molar-refractivity contribution in [2.75, 3.05) is 5.75 Å². The molecule has 4 rings (SSSR count). The number of nitrogens with two attached hydrogens (primary N) is 1. The van der Waals surface area contributed by atoms with E-state index in [1.807, 2.05) is 24.3 Å². The van der Waals surface area contributed by atoms with E-state index in [9.17, 15) is 29.4 Å². The van der Waals surface area contributed by atoms with Crippen LogP contribution in [0.1, 0.15) is 16.8 Å². The summed E-state index contributed by atoms with van der Waals surface area (Å²) >= 11 is 4.07. The Hall–Kier alpha value is -4.82. The summed E-state index contributed by atoms with van der Waals surface area (Å²) < 4.78 is 0. The molecule has 0 radical (unpaired) electrons. The van der Waals surface area contributed by atoms with Gasteiger partial charge in [-0.3, -0.25) is 14.4 Å². The van der Waals surface area contributed by atoms with Crippen LogP contribution in [0, 0.1) is 0 Å². The lowest BCUT2D eigenvalue weighted by Crippen LogP contribution is -2.58. The number of carbonyl (C=O) groups is 4. The molecule has 13 nitrogen and oxygen atoms in total. The minimum Gasteiger partial charge on any atom is -0.508 e. The lowest BCUT2D eigenvalue weighted by atomic mass is 10.0. The van der Waals surface area contributed by atoms with Crippen LogP contribution in [0.2, 0.25) is 0 Å². The van der Waals surface area contributed by atoms with E-state index >= 15 is 0 Å². The van der Waals surface area contributed by atoms with Gasteiger partial charge < -0.3 is 41.9 Å². The quantitative estimate of drug-likeness (QED) is 0.0914. The van der Waals surface area contributed by atoms with Crippen molar-refractivity contribution in [2.24, 2.45) is 5.73 Å². The first kappa shape index (κ1) is 31.1. The van der Waals surface area contributed by atoms with E-state index in [0.717, 1.165) is 16.5 Å². The molecule has 14 heteroatoms. The molecule has 4 unspecified atom stereocenters. The number of H-pyrrole nitrogens is 2. The largest absolute Gasteiger partial charge is 0.508 e. The van der Waals surface area contributed by atoms with E-state index in [1.54, 1.807) is 18.3 Å². The zero-order valence-electron chi connectivity index (χ0n) is 23.0. The highest BCUT2D eigenvalue weighted by atomic mass is 32.1. The molecule has 0 saturated carbocycles. The first-order valence-corrected chi connectivity index (χ1v) is 14.1. The van der Waals surface area contributed by atoms with E-state index in [4.69, 9.17) is 5.73 Å². The second-order valence-electron chi connectivity index (χ2n) is 10.0. The Balaban J connectivity index is 1.59. The van der Waals surface area contributed by atoms with Crippen molar-refractivity contribution in [3.63, 3.8) is 0 Å². The number of phenolic OH excluding ortho intramolecular Hbond substituents is 1. The lowest BCUT2D eigenvalue weighted by Gasteiger charge is -2.25. The minimum absolute atomic E-state index is 0.0151. The number of para-hydroxylation sites is 1. The first-order valence-electron chi connectivity index (χ1n) is 13.4. The minimum atomic E-state index is -1.32. The van der Waals surface area contributed by atoms with Crippen LogP contribution in [0.25, 0.3) is 10.9 Å². The Morgan fingerprint density at radius 3 is 2.16 bits per heavy atom. The highest BCUT2D eigenvalue weighted by molar-refractivity contribution is 7.80. The number of aromatic hydroxyl groups is 1. The number of phenols is 1. The van der Waals surface area contributed by atoms with E-state index < -0.39 is 47.9 Å². The van der Waals surface area contributed by atoms with Crippen molar-refractivity contribution in [1.29, 1.82) is 0 Å². The van der Waals surface area contributed by atoms with Crippen LogP contribution < -0.4 is 21.7 Å². The SMILES string of the molecule is NC(CS)C(=O)NC(Cc1c[nH]c2ccccc12)C(=O)NC(Cc1ccc(O)cc1)C(=O)NC(Cc1cnc[nH]1)C(=O)O. The van der Waals surface area contributed by atoms with Crippen LogP contribution in [0.4, 0.5) is 0 Å². The Kier molecular flexibility index (Phi) is 10.4.